The third-order valence-corrected chi connectivity index (χ3v) is 1.66. The van der Waals surface area contributed by atoms with Crippen molar-refractivity contribution < 1.29 is 4.74 Å². The van der Waals surface area contributed by atoms with E-state index in [4.69, 9.17) is 4.74 Å². The van der Waals surface area contributed by atoms with E-state index in [9.17, 15) is 0 Å². The second-order valence-corrected chi connectivity index (χ2v) is 2.41. The Morgan fingerprint density at radius 1 is 1.50 bits per heavy atom. The van der Waals surface area contributed by atoms with E-state index in [1.807, 2.05) is 6.92 Å². The molecule has 0 aromatic carbocycles. The monoisotopic (exact) mass is 140 g/mol. The van der Waals surface area contributed by atoms with Crippen molar-refractivity contribution in [3.8, 4) is 0 Å². The molecule has 0 aliphatic carbocycles. The molecular weight excluding hydrogens is 126 g/mol. The van der Waals surface area contributed by atoms with E-state index >= 15 is 0 Å². The summed E-state index contributed by atoms with van der Waals surface area (Å²) in [7, 11) is 0. The zero-order valence-electron chi connectivity index (χ0n) is 6.47. The first-order chi connectivity index (χ1) is 4.93. The van der Waals surface area contributed by atoms with Crippen LogP contribution in [0.2, 0.25) is 0 Å². The van der Waals surface area contributed by atoms with Crippen LogP contribution in [0.5, 0.6) is 0 Å². The standard InChI is InChI=1S/C8H14NO/c1-2-3-4-9-5-7-10-8-6-9/h3H,4-8H2,1H3. The van der Waals surface area contributed by atoms with Crippen LogP contribution in [-0.2, 0) is 4.74 Å². The molecule has 1 saturated heterocycles. The third-order valence-electron chi connectivity index (χ3n) is 1.66. The molecule has 57 valence electrons. The fourth-order valence-corrected chi connectivity index (χ4v) is 1.00. The Labute approximate surface area is 62.5 Å². The van der Waals surface area contributed by atoms with Gasteiger partial charge in [0.05, 0.1) is 13.2 Å². The summed E-state index contributed by atoms with van der Waals surface area (Å²) < 4.78 is 5.20. The first-order valence-corrected chi connectivity index (χ1v) is 3.72. The predicted molar refractivity (Wildman–Crippen MR) is 40.7 cm³/mol. The van der Waals surface area contributed by atoms with Crippen LogP contribution < -0.4 is 0 Å². The van der Waals surface area contributed by atoms with Crippen molar-refractivity contribution in [3.05, 3.63) is 12.2 Å². The summed E-state index contributed by atoms with van der Waals surface area (Å²) in [5, 5.41) is 0. The van der Waals surface area contributed by atoms with Gasteiger partial charge in [-0.1, -0.05) is 12.2 Å². The van der Waals surface area contributed by atoms with Gasteiger partial charge in [0.1, 0.15) is 0 Å². The molecule has 1 radical (unpaired) electrons. The van der Waals surface area contributed by atoms with Crippen LogP contribution in [0.3, 0.4) is 0 Å². The first-order valence-electron chi connectivity index (χ1n) is 3.72. The predicted octanol–water partition coefficient (Wildman–Crippen LogP) is 0.698. The maximum Gasteiger partial charge on any atom is 0.0594 e. The normalized spacial score (nSPS) is 22.1. The molecule has 1 aliphatic rings. The molecule has 10 heavy (non-hydrogen) atoms. The van der Waals surface area contributed by atoms with Crippen molar-refractivity contribution in [1.29, 1.82) is 0 Å². The number of allylic oxidation sites excluding steroid dienone is 1. The summed E-state index contributed by atoms with van der Waals surface area (Å²) in [5.74, 6) is 0. The van der Waals surface area contributed by atoms with Gasteiger partial charge in [-0.25, -0.2) is 0 Å². The number of hydrogen-bond donors (Lipinski definition) is 0. The Morgan fingerprint density at radius 2 is 2.20 bits per heavy atom. The van der Waals surface area contributed by atoms with Crippen molar-refractivity contribution in [1.82, 2.24) is 4.90 Å². The van der Waals surface area contributed by atoms with Crippen molar-refractivity contribution in [2.45, 2.75) is 6.92 Å². The van der Waals surface area contributed by atoms with Gasteiger partial charge in [0, 0.05) is 19.6 Å². The number of rotatable bonds is 2. The molecule has 2 nitrogen and oxygen atoms in total. The Hall–Kier alpha value is -0.340. The lowest BCUT2D eigenvalue weighted by molar-refractivity contribution is 0.0434. The smallest absolute Gasteiger partial charge is 0.0594 e. The van der Waals surface area contributed by atoms with Crippen LogP contribution in [0.25, 0.3) is 0 Å². The lowest BCUT2D eigenvalue weighted by Crippen LogP contribution is -2.36. The van der Waals surface area contributed by atoms with Gasteiger partial charge in [0.15, 0.2) is 0 Å². The van der Waals surface area contributed by atoms with Gasteiger partial charge in [-0.15, -0.1) is 0 Å². The minimum atomic E-state index is 0.886. The molecule has 0 unspecified atom stereocenters. The topological polar surface area (TPSA) is 12.5 Å². The van der Waals surface area contributed by atoms with E-state index in [1.54, 1.807) is 0 Å². The highest BCUT2D eigenvalue weighted by atomic mass is 16.5. The Balaban J connectivity index is 2.13. The molecule has 0 saturated carbocycles. The SMILES string of the molecule is C[C]=CCN1CCOCC1. The molecule has 0 bridgehead atoms. The van der Waals surface area contributed by atoms with Crippen LogP contribution in [0.1, 0.15) is 6.92 Å². The Bertz CT molecular complexity index is 106. The molecule has 1 aliphatic heterocycles. The number of morpholine rings is 1. The average molecular weight is 140 g/mol. The van der Waals surface area contributed by atoms with Crippen LogP contribution >= 0.6 is 0 Å². The van der Waals surface area contributed by atoms with Gasteiger partial charge >= 0.3 is 0 Å². The minimum Gasteiger partial charge on any atom is -0.379 e. The van der Waals surface area contributed by atoms with Crippen molar-refractivity contribution in [2.75, 3.05) is 32.8 Å². The molecule has 1 rings (SSSR count). The third kappa shape index (κ3) is 2.50. The molecule has 1 fully saturated rings. The van der Waals surface area contributed by atoms with Crippen molar-refractivity contribution in [3.63, 3.8) is 0 Å². The van der Waals surface area contributed by atoms with Gasteiger partial charge in [-0.3, -0.25) is 4.90 Å². The van der Waals surface area contributed by atoms with Gasteiger partial charge in [0.25, 0.3) is 0 Å². The van der Waals surface area contributed by atoms with Gasteiger partial charge in [-0.2, -0.15) is 0 Å². The van der Waals surface area contributed by atoms with E-state index in [0.717, 1.165) is 32.8 Å². The highest BCUT2D eigenvalue weighted by Gasteiger charge is 2.06. The zero-order valence-corrected chi connectivity index (χ0v) is 6.47. The average Bonchev–Trinajstić information content (AvgIpc) is 2.03. The van der Waals surface area contributed by atoms with E-state index in [1.165, 1.54) is 0 Å². The van der Waals surface area contributed by atoms with Crippen LogP contribution in [0.15, 0.2) is 6.08 Å². The van der Waals surface area contributed by atoms with Gasteiger partial charge < -0.3 is 4.74 Å². The number of ether oxygens (including phenoxy) is 1. The first kappa shape index (κ1) is 7.76. The molecule has 0 N–H and O–H groups in total. The maximum atomic E-state index is 5.20. The molecule has 0 atom stereocenters. The maximum absolute atomic E-state index is 5.20. The lowest BCUT2D eigenvalue weighted by Gasteiger charge is -2.24. The fraction of sp³-hybridized carbons (Fsp3) is 0.750. The molecule has 0 aromatic heterocycles. The zero-order chi connectivity index (χ0) is 7.23. The van der Waals surface area contributed by atoms with Crippen molar-refractivity contribution in [2.24, 2.45) is 0 Å². The van der Waals surface area contributed by atoms with E-state index in [2.05, 4.69) is 17.1 Å². The van der Waals surface area contributed by atoms with Crippen LogP contribution in [0, 0.1) is 6.08 Å². The summed E-state index contributed by atoms with van der Waals surface area (Å²) in [5.41, 5.74) is 0. The second-order valence-electron chi connectivity index (χ2n) is 2.41. The molecule has 0 amide bonds. The summed E-state index contributed by atoms with van der Waals surface area (Å²) in [6.07, 6.45) is 5.07. The van der Waals surface area contributed by atoms with Gasteiger partial charge in [-0.05, 0) is 6.92 Å². The second kappa shape index (κ2) is 4.47. The van der Waals surface area contributed by atoms with Gasteiger partial charge in [0.2, 0.25) is 0 Å². The molecule has 0 spiro atoms. The molecule has 2 heteroatoms. The number of hydrogen-bond acceptors (Lipinski definition) is 2. The van der Waals surface area contributed by atoms with E-state index in [-0.39, 0.29) is 0 Å². The van der Waals surface area contributed by atoms with Crippen molar-refractivity contribution >= 4 is 0 Å². The summed E-state index contributed by atoms with van der Waals surface area (Å²) in [6.45, 7) is 6.87. The summed E-state index contributed by atoms with van der Waals surface area (Å²) in [4.78, 5) is 2.36. The quantitative estimate of drug-likeness (QED) is 0.559. The Kier molecular flexibility index (Phi) is 3.47. The Morgan fingerprint density at radius 3 is 2.80 bits per heavy atom. The number of nitrogens with zero attached hydrogens (tertiary/aromatic N) is 1. The van der Waals surface area contributed by atoms with Crippen LogP contribution in [-0.4, -0.2) is 37.7 Å². The minimum absolute atomic E-state index is 0.886. The molecular formula is C8H14NO. The fourth-order valence-electron chi connectivity index (χ4n) is 1.00. The molecule has 1 heterocycles. The highest BCUT2D eigenvalue weighted by Crippen LogP contribution is 1.95. The summed E-state index contributed by atoms with van der Waals surface area (Å²) in [6, 6.07) is 0. The summed E-state index contributed by atoms with van der Waals surface area (Å²) >= 11 is 0. The molecule has 0 aromatic rings. The van der Waals surface area contributed by atoms with E-state index in [0.29, 0.717) is 0 Å². The van der Waals surface area contributed by atoms with E-state index < -0.39 is 0 Å². The van der Waals surface area contributed by atoms with Crippen LogP contribution in [0.4, 0.5) is 0 Å². The lowest BCUT2D eigenvalue weighted by atomic mass is 10.4. The highest BCUT2D eigenvalue weighted by molar-refractivity contribution is 4.76. The largest absolute Gasteiger partial charge is 0.379 e.